The summed E-state index contributed by atoms with van der Waals surface area (Å²) in [6, 6.07) is 0. The fraction of sp³-hybridized carbons (Fsp3) is 0.875. The van der Waals surface area contributed by atoms with E-state index in [1.54, 1.807) is 0 Å². The molecule has 0 amide bonds. The molecular formula is C16H28N2. The highest BCUT2D eigenvalue weighted by Crippen LogP contribution is 2.22. The van der Waals surface area contributed by atoms with Crippen molar-refractivity contribution in [2.75, 3.05) is 13.1 Å². The molecule has 0 heterocycles. The Labute approximate surface area is 112 Å². The Hall–Kier alpha value is -0.660. The monoisotopic (exact) mass is 248 g/mol. The fourth-order valence-electron chi connectivity index (χ4n) is 3.13. The van der Waals surface area contributed by atoms with Gasteiger partial charge >= 0.3 is 0 Å². The van der Waals surface area contributed by atoms with Crippen LogP contribution in [0.2, 0.25) is 0 Å². The van der Waals surface area contributed by atoms with Gasteiger partial charge in [-0.05, 0) is 37.5 Å². The molecule has 0 atom stereocenters. The van der Waals surface area contributed by atoms with Crippen LogP contribution in [0.1, 0.15) is 64.2 Å². The Morgan fingerprint density at radius 1 is 0.611 bits per heavy atom. The van der Waals surface area contributed by atoms with E-state index in [9.17, 15) is 0 Å². The van der Waals surface area contributed by atoms with Gasteiger partial charge < -0.3 is 0 Å². The summed E-state index contributed by atoms with van der Waals surface area (Å²) < 4.78 is 0. The minimum atomic E-state index is 0.765. The quantitative estimate of drug-likeness (QED) is 0.512. The Bertz CT molecular complexity index is 230. The van der Waals surface area contributed by atoms with Crippen LogP contribution in [-0.2, 0) is 0 Å². The first-order chi connectivity index (χ1) is 8.95. The zero-order chi connectivity index (χ0) is 12.5. The number of hydrogen-bond acceptors (Lipinski definition) is 2. The van der Waals surface area contributed by atoms with Crippen molar-refractivity contribution in [3.63, 3.8) is 0 Å². The van der Waals surface area contributed by atoms with Gasteiger partial charge in [-0.3, -0.25) is 9.98 Å². The van der Waals surface area contributed by atoms with Gasteiger partial charge in [0.1, 0.15) is 0 Å². The number of hydrogen-bond donors (Lipinski definition) is 0. The average molecular weight is 248 g/mol. The van der Waals surface area contributed by atoms with Crippen molar-refractivity contribution in [3.05, 3.63) is 0 Å². The first-order valence-electron chi connectivity index (χ1n) is 7.95. The first-order valence-corrected chi connectivity index (χ1v) is 7.95. The van der Waals surface area contributed by atoms with E-state index in [1.165, 1.54) is 64.2 Å². The third-order valence-corrected chi connectivity index (χ3v) is 4.29. The van der Waals surface area contributed by atoms with E-state index < -0.39 is 0 Å². The van der Waals surface area contributed by atoms with Crippen LogP contribution in [0, 0.1) is 11.8 Å². The van der Waals surface area contributed by atoms with E-state index in [-0.39, 0.29) is 0 Å². The third kappa shape index (κ3) is 5.32. The molecule has 2 fully saturated rings. The summed E-state index contributed by atoms with van der Waals surface area (Å²) >= 11 is 0. The normalized spacial score (nSPS) is 24.2. The van der Waals surface area contributed by atoms with Crippen molar-refractivity contribution in [2.45, 2.75) is 64.2 Å². The molecule has 2 nitrogen and oxygen atoms in total. The van der Waals surface area contributed by atoms with Crippen molar-refractivity contribution in [3.8, 4) is 0 Å². The Morgan fingerprint density at radius 2 is 1.00 bits per heavy atom. The van der Waals surface area contributed by atoms with Crippen LogP contribution in [0.4, 0.5) is 0 Å². The Morgan fingerprint density at radius 3 is 1.39 bits per heavy atom. The Balaban J connectivity index is 1.54. The van der Waals surface area contributed by atoms with Crippen molar-refractivity contribution < 1.29 is 0 Å². The SMILES string of the molecule is C(=N\CC/N=C/C1CCCCC1)/C1CCCCC1. The number of aliphatic imine (C=N–C) groups is 2. The fourth-order valence-corrected chi connectivity index (χ4v) is 3.13. The third-order valence-electron chi connectivity index (χ3n) is 4.29. The summed E-state index contributed by atoms with van der Waals surface area (Å²) in [4.78, 5) is 9.08. The molecule has 0 aromatic rings. The highest BCUT2D eigenvalue weighted by Gasteiger charge is 2.11. The highest BCUT2D eigenvalue weighted by molar-refractivity contribution is 5.61. The van der Waals surface area contributed by atoms with Gasteiger partial charge in [0.05, 0.1) is 13.1 Å². The van der Waals surface area contributed by atoms with Gasteiger partial charge in [-0.25, -0.2) is 0 Å². The summed E-state index contributed by atoms with van der Waals surface area (Å²) in [5.74, 6) is 1.53. The van der Waals surface area contributed by atoms with Crippen LogP contribution in [0.15, 0.2) is 9.98 Å². The lowest BCUT2D eigenvalue weighted by Crippen LogP contribution is -2.08. The van der Waals surface area contributed by atoms with Crippen LogP contribution >= 0.6 is 0 Å². The van der Waals surface area contributed by atoms with Gasteiger partial charge in [0.25, 0.3) is 0 Å². The Kier molecular flexibility index (Phi) is 6.46. The lowest BCUT2D eigenvalue weighted by atomic mass is 9.90. The molecule has 0 N–H and O–H groups in total. The minimum absolute atomic E-state index is 0.765. The molecule has 2 rings (SSSR count). The summed E-state index contributed by atoms with van der Waals surface area (Å²) in [5, 5.41) is 0. The zero-order valence-corrected chi connectivity index (χ0v) is 11.7. The van der Waals surface area contributed by atoms with E-state index in [0.717, 1.165) is 24.9 Å². The largest absolute Gasteiger partial charge is 0.295 e. The number of nitrogens with zero attached hydrogens (tertiary/aromatic N) is 2. The first kappa shape index (κ1) is 13.8. The molecule has 18 heavy (non-hydrogen) atoms. The molecule has 2 aliphatic rings. The van der Waals surface area contributed by atoms with E-state index >= 15 is 0 Å². The van der Waals surface area contributed by atoms with Crippen LogP contribution in [0.5, 0.6) is 0 Å². The molecule has 102 valence electrons. The molecule has 0 aliphatic heterocycles. The summed E-state index contributed by atoms with van der Waals surface area (Å²) in [5.41, 5.74) is 0. The van der Waals surface area contributed by atoms with Gasteiger partial charge in [0, 0.05) is 12.4 Å². The standard InChI is InChI=1S/C16H28N2/c1-3-7-15(8-4-1)13-17-11-12-18-14-16-9-5-2-6-10-16/h13-16H,1-12H2/b17-13+,18-14+. The molecule has 0 unspecified atom stereocenters. The maximum atomic E-state index is 4.54. The molecule has 0 saturated heterocycles. The topological polar surface area (TPSA) is 24.7 Å². The van der Waals surface area contributed by atoms with Crippen LogP contribution < -0.4 is 0 Å². The average Bonchev–Trinajstić information content (AvgIpc) is 2.45. The molecule has 0 aromatic heterocycles. The lowest BCUT2D eigenvalue weighted by Gasteiger charge is -2.17. The molecular weight excluding hydrogens is 220 g/mol. The van der Waals surface area contributed by atoms with Crippen LogP contribution in [0.25, 0.3) is 0 Å². The molecule has 0 bridgehead atoms. The highest BCUT2D eigenvalue weighted by atomic mass is 14.8. The second-order valence-corrected chi connectivity index (χ2v) is 5.91. The van der Waals surface area contributed by atoms with Crippen molar-refractivity contribution in [2.24, 2.45) is 21.8 Å². The molecule has 2 saturated carbocycles. The zero-order valence-electron chi connectivity index (χ0n) is 11.7. The number of rotatable bonds is 5. The smallest absolute Gasteiger partial charge is 0.0581 e. The van der Waals surface area contributed by atoms with Crippen molar-refractivity contribution in [1.29, 1.82) is 0 Å². The van der Waals surface area contributed by atoms with Gasteiger partial charge in [-0.15, -0.1) is 0 Å². The molecule has 0 spiro atoms. The molecule has 0 aromatic carbocycles. The molecule has 2 aliphatic carbocycles. The van der Waals surface area contributed by atoms with E-state index in [1.807, 2.05) is 0 Å². The lowest BCUT2D eigenvalue weighted by molar-refractivity contribution is 0.444. The second-order valence-electron chi connectivity index (χ2n) is 5.91. The van der Waals surface area contributed by atoms with E-state index in [2.05, 4.69) is 22.4 Å². The predicted molar refractivity (Wildman–Crippen MR) is 79.9 cm³/mol. The minimum Gasteiger partial charge on any atom is -0.295 e. The predicted octanol–water partition coefficient (Wildman–Crippen LogP) is 4.29. The van der Waals surface area contributed by atoms with Gasteiger partial charge in [-0.1, -0.05) is 38.5 Å². The van der Waals surface area contributed by atoms with Crippen LogP contribution in [-0.4, -0.2) is 25.5 Å². The van der Waals surface area contributed by atoms with Gasteiger partial charge in [-0.2, -0.15) is 0 Å². The van der Waals surface area contributed by atoms with E-state index in [0.29, 0.717) is 0 Å². The molecule has 0 radical (unpaired) electrons. The second kappa shape index (κ2) is 8.44. The molecule has 2 heteroatoms. The van der Waals surface area contributed by atoms with E-state index in [4.69, 9.17) is 0 Å². The van der Waals surface area contributed by atoms with Crippen LogP contribution in [0.3, 0.4) is 0 Å². The maximum Gasteiger partial charge on any atom is 0.0581 e. The summed E-state index contributed by atoms with van der Waals surface area (Å²) in [6.07, 6.45) is 18.3. The maximum absolute atomic E-state index is 4.54. The van der Waals surface area contributed by atoms with Gasteiger partial charge in [0.2, 0.25) is 0 Å². The van der Waals surface area contributed by atoms with Crippen molar-refractivity contribution in [1.82, 2.24) is 0 Å². The van der Waals surface area contributed by atoms with Gasteiger partial charge in [0.15, 0.2) is 0 Å². The van der Waals surface area contributed by atoms with Crippen molar-refractivity contribution >= 4 is 12.4 Å². The summed E-state index contributed by atoms with van der Waals surface area (Å²) in [6.45, 7) is 1.78. The summed E-state index contributed by atoms with van der Waals surface area (Å²) in [7, 11) is 0.